The highest BCUT2D eigenvalue weighted by atomic mass is 16.5. The van der Waals surface area contributed by atoms with Gasteiger partial charge in [-0.3, -0.25) is 4.79 Å². The minimum Gasteiger partial charge on any atom is -0.497 e. The van der Waals surface area contributed by atoms with Crippen molar-refractivity contribution in [3.05, 3.63) is 24.3 Å². The number of carbonyl (C=O) groups is 2. The van der Waals surface area contributed by atoms with Crippen molar-refractivity contribution < 1.29 is 19.1 Å². The molecule has 144 valence electrons. The lowest BCUT2D eigenvalue weighted by molar-refractivity contribution is -0.148. The van der Waals surface area contributed by atoms with Gasteiger partial charge in [-0.05, 0) is 55.4 Å². The predicted octanol–water partition coefficient (Wildman–Crippen LogP) is 4.07. The summed E-state index contributed by atoms with van der Waals surface area (Å²) in [5.74, 6) is 0.555. The molecule has 1 aromatic carbocycles. The van der Waals surface area contributed by atoms with Gasteiger partial charge in [-0.15, -0.1) is 0 Å². The molecular formula is C21H31NO4. The van der Waals surface area contributed by atoms with Gasteiger partial charge in [0, 0.05) is 18.0 Å². The maximum atomic E-state index is 12.6. The third kappa shape index (κ3) is 4.99. The Morgan fingerprint density at radius 1 is 1.27 bits per heavy atom. The van der Waals surface area contributed by atoms with Crippen molar-refractivity contribution in [3.63, 3.8) is 0 Å². The Labute approximate surface area is 156 Å². The molecule has 5 nitrogen and oxygen atoms in total. The van der Waals surface area contributed by atoms with Crippen LogP contribution in [0, 0.1) is 17.3 Å². The van der Waals surface area contributed by atoms with Gasteiger partial charge in [0.2, 0.25) is 0 Å². The third-order valence-electron chi connectivity index (χ3n) is 5.27. The molecule has 0 aromatic heterocycles. The van der Waals surface area contributed by atoms with Crippen molar-refractivity contribution >= 4 is 17.4 Å². The number of benzene rings is 1. The van der Waals surface area contributed by atoms with Gasteiger partial charge in [-0.25, -0.2) is 4.79 Å². The first-order valence-corrected chi connectivity index (χ1v) is 9.36. The van der Waals surface area contributed by atoms with Crippen molar-refractivity contribution in [1.82, 2.24) is 0 Å². The lowest BCUT2D eigenvalue weighted by Crippen LogP contribution is -2.46. The van der Waals surface area contributed by atoms with Crippen LogP contribution in [-0.2, 0) is 14.3 Å². The van der Waals surface area contributed by atoms with Gasteiger partial charge in [-0.1, -0.05) is 20.8 Å². The van der Waals surface area contributed by atoms with Gasteiger partial charge >= 0.3 is 5.97 Å². The molecule has 1 aliphatic rings. The average molecular weight is 361 g/mol. The minimum atomic E-state index is -0.666. The van der Waals surface area contributed by atoms with Crippen LogP contribution >= 0.6 is 0 Å². The van der Waals surface area contributed by atoms with Crippen LogP contribution in [0.5, 0.6) is 5.75 Å². The molecule has 2 rings (SSSR count). The van der Waals surface area contributed by atoms with E-state index in [1.165, 1.54) is 0 Å². The number of Topliss-reactive ketones (excluding diaryl/α,β-unsaturated/α-hetero) is 1. The maximum Gasteiger partial charge on any atom is 0.329 e. The monoisotopic (exact) mass is 361 g/mol. The molecule has 1 saturated carbocycles. The third-order valence-corrected chi connectivity index (χ3v) is 5.27. The van der Waals surface area contributed by atoms with Gasteiger partial charge in [0.25, 0.3) is 0 Å². The second kappa shape index (κ2) is 8.56. The van der Waals surface area contributed by atoms with Crippen LogP contribution in [0.4, 0.5) is 5.69 Å². The topological polar surface area (TPSA) is 64.6 Å². The second-order valence-electron chi connectivity index (χ2n) is 8.01. The summed E-state index contributed by atoms with van der Waals surface area (Å²) in [6.45, 7) is 8.66. The summed E-state index contributed by atoms with van der Waals surface area (Å²) in [7, 11) is 1.61. The summed E-state index contributed by atoms with van der Waals surface area (Å²) in [6.07, 6.45) is 2.11. The van der Waals surface area contributed by atoms with Gasteiger partial charge in [0.1, 0.15) is 17.6 Å². The summed E-state index contributed by atoms with van der Waals surface area (Å²) in [5, 5.41) is 3.24. The molecule has 1 fully saturated rings. The number of hydrogen-bond donors (Lipinski definition) is 1. The lowest BCUT2D eigenvalue weighted by atomic mass is 9.67. The number of anilines is 1. The zero-order valence-electron chi connectivity index (χ0n) is 16.5. The van der Waals surface area contributed by atoms with Crippen LogP contribution in [0.1, 0.15) is 47.0 Å². The van der Waals surface area contributed by atoms with E-state index in [-0.39, 0.29) is 23.1 Å². The van der Waals surface area contributed by atoms with Crippen molar-refractivity contribution in [2.45, 2.75) is 53.0 Å². The molecule has 1 N–H and O–H groups in total. The van der Waals surface area contributed by atoms with Crippen LogP contribution in [0.25, 0.3) is 0 Å². The number of rotatable bonds is 6. The molecule has 0 radical (unpaired) electrons. The van der Waals surface area contributed by atoms with Crippen LogP contribution in [0.2, 0.25) is 0 Å². The molecule has 0 heterocycles. The Balaban J connectivity index is 2.24. The summed E-state index contributed by atoms with van der Waals surface area (Å²) in [6, 6.07) is 6.68. The van der Waals surface area contributed by atoms with Crippen molar-refractivity contribution in [1.29, 1.82) is 0 Å². The van der Waals surface area contributed by atoms with Crippen molar-refractivity contribution in [2.24, 2.45) is 17.3 Å². The fourth-order valence-corrected chi connectivity index (χ4v) is 3.59. The standard InChI is InChI=1S/C21H31NO4/c1-6-26-20(24)19(22-15-8-10-16(25-5)11-9-15)17-13-14(21(2,3)4)7-12-18(17)23/h8-11,14,17,19,22H,6-7,12-13H2,1-5H3/t14?,17-,19-/m0/s1. The maximum absolute atomic E-state index is 12.6. The summed E-state index contributed by atoms with van der Waals surface area (Å²) >= 11 is 0. The molecule has 1 unspecified atom stereocenters. The molecule has 26 heavy (non-hydrogen) atoms. The summed E-state index contributed by atoms with van der Waals surface area (Å²) in [4.78, 5) is 25.3. The molecule has 3 atom stereocenters. The molecule has 5 heteroatoms. The van der Waals surface area contributed by atoms with Crippen molar-refractivity contribution in [2.75, 3.05) is 19.0 Å². The molecule has 1 aromatic rings. The molecule has 0 saturated heterocycles. The Morgan fingerprint density at radius 3 is 2.46 bits per heavy atom. The first kappa shape index (κ1) is 20.3. The SMILES string of the molecule is CCOC(=O)[C@@H](Nc1ccc(OC)cc1)[C@H]1CC(C(C)(C)C)CCC1=O. The molecule has 0 amide bonds. The van der Waals surface area contributed by atoms with E-state index in [1.807, 2.05) is 24.3 Å². The van der Waals surface area contributed by atoms with E-state index in [0.717, 1.165) is 17.9 Å². The number of ether oxygens (including phenoxy) is 2. The van der Waals surface area contributed by atoms with E-state index in [1.54, 1.807) is 14.0 Å². The van der Waals surface area contributed by atoms with Crippen LogP contribution < -0.4 is 10.1 Å². The highest BCUT2D eigenvalue weighted by molar-refractivity contribution is 5.91. The second-order valence-corrected chi connectivity index (χ2v) is 8.01. The fourth-order valence-electron chi connectivity index (χ4n) is 3.59. The van der Waals surface area contributed by atoms with Gasteiger partial charge in [0.05, 0.1) is 13.7 Å². The fraction of sp³-hybridized carbons (Fsp3) is 0.619. The number of ketones is 1. The van der Waals surface area contributed by atoms with Crippen LogP contribution in [0.3, 0.4) is 0 Å². The molecule has 0 bridgehead atoms. The summed E-state index contributed by atoms with van der Waals surface area (Å²) < 4.78 is 10.4. The molecule has 0 aliphatic heterocycles. The number of methoxy groups -OCH3 is 1. The van der Waals surface area contributed by atoms with Crippen LogP contribution in [0.15, 0.2) is 24.3 Å². The minimum absolute atomic E-state index is 0.109. The average Bonchev–Trinajstić information content (AvgIpc) is 2.60. The predicted molar refractivity (Wildman–Crippen MR) is 102 cm³/mol. The van der Waals surface area contributed by atoms with Crippen LogP contribution in [-0.4, -0.2) is 31.5 Å². The smallest absolute Gasteiger partial charge is 0.329 e. The first-order chi connectivity index (χ1) is 12.3. The highest BCUT2D eigenvalue weighted by Gasteiger charge is 2.41. The lowest BCUT2D eigenvalue weighted by Gasteiger charge is -2.39. The number of esters is 1. The van der Waals surface area contributed by atoms with E-state index >= 15 is 0 Å². The van der Waals surface area contributed by atoms with E-state index in [0.29, 0.717) is 25.4 Å². The highest BCUT2D eigenvalue weighted by Crippen LogP contribution is 2.40. The molecule has 1 aliphatic carbocycles. The number of carbonyl (C=O) groups excluding carboxylic acids is 2. The molecule has 0 spiro atoms. The van der Waals surface area contributed by atoms with E-state index in [9.17, 15) is 9.59 Å². The normalized spacial score (nSPS) is 21.8. The van der Waals surface area contributed by atoms with Gasteiger partial charge in [0.15, 0.2) is 0 Å². The van der Waals surface area contributed by atoms with E-state index in [2.05, 4.69) is 26.1 Å². The quantitative estimate of drug-likeness (QED) is 0.774. The van der Waals surface area contributed by atoms with Gasteiger partial charge in [-0.2, -0.15) is 0 Å². The van der Waals surface area contributed by atoms with E-state index in [4.69, 9.17) is 9.47 Å². The van der Waals surface area contributed by atoms with Gasteiger partial charge < -0.3 is 14.8 Å². The number of nitrogens with one attached hydrogen (secondary N) is 1. The van der Waals surface area contributed by atoms with E-state index < -0.39 is 6.04 Å². The summed E-state index contributed by atoms with van der Waals surface area (Å²) in [5.41, 5.74) is 0.882. The Kier molecular flexibility index (Phi) is 6.68. The first-order valence-electron chi connectivity index (χ1n) is 9.36. The zero-order chi connectivity index (χ0) is 19.3. The van der Waals surface area contributed by atoms with Crippen molar-refractivity contribution in [3.8, 4) is 5.75 Å². The molecular weight excluding hydrogens is 330 g/mol. The number of hydrogen-bond acceptors (Lipinski definition) is 5. The Hall–Kier alpha value is -2.04. The Bertz CT molecular complexity index is 618. The zero-order valence-corrected chi connectivity index (χ0v) is 16.5. The largest absolute Gasteiger partial charge is 0.497 e. The Morgan fingerprint density at radius 2 is 1.92 bits per heavy atom.